The van der Waals surface area contributed by atoms with Crippen molar-refractivity contribution in [3.63, 3.8) is 0 Å². The molecule has 30 heavy (non-hydrogen) atoms. The molecule has 1 aromatic carbocycles. The summed E-state index contributed by atoms with van der Waals surface area (Å²) in [5.41, 5.74) is 1.66. The standard InChI is InChI=1S/C23H30N2O5/c1-5-14-12-25-10-9-23(19(25)11-15(14)16(13-28-2)21(26)30-4)20-17(24-22(23)27)7-6-8-18(20)29-3/h6-8,13-15,19H,5,9-12H2,1-4H3,(H,24,27)/b16-13-/t14-,15-,19-,23+/m0/s1. The van der Waals surface area contributed by atoms with Gasteiger partial charge in [-0.25, -0.2) is 4.79 Å². The molecule has 2 fully saturated rings. The van der Waals surface area contributed by atoms with Gasteiger partial charge in [-0.3, -0.25) is 9.69 Å². The lowest BCUT2D eigenvalue weighted by atomic mass is 9.67. The summed E-state index contributed by atoms with van der Waals surface area (Å²) >= 11 is 0. The average Bonchev–Trinajstić information content (AvgIpc) is 3.28. The van der Waals surface area contributed by atoms with Crippen LogP contribution in [0.5, 0.6) is 5.75 Å². The molecule has 1 amide bonds. The summed E-state index contributed by atoms with van der Waals surface area (Å²) in [6.45, 7) is 3.83. The van der Waals surface area contributed by atoms with Gasteiger partial charge in [0.1, 0.15) is 5.75 Å². The minimum absolute atomic E-state index is 0.0206. The summed E-state index contributed by atoms with van der Waals surface area (Å²) in [7, 11) is 4.58. The number of hydrogen-bond acceptors (Lipinski definition) is 6. The minimum atomic E-state index is -0.673. The van der Waals surface area contributed by atoms with E-state index in [1.165, 1.54) is 13.4 Å². The van der Waals surface area contributed by atoms with Crippen molar-refractivity contribution in [2.75, 3.05) is 39.7 Å². The number of amides is 1. The fourth-order valence-electron chi connectivity index (χ4n) is 5.88. The van der Waals surface area contributed by atoms with E-state index in [1.54, 1.807) is 14.2 Å². The zero-order valence-corrected chi connectivity index (χ0v) is 18.1. The number of benzene rings is 1. The molecule has 1 spiro atoms. The average molecular weight is 415 g/mol. The number of nitrogens with one attached hydrogen (secondary N) is 1. The Morgan fingerprint density at radius 2 is 2.13 bits per heavy atom. The maximum atomic E-state index is 13.4. The van der Waals surface area contributed by atoms with Crippen molar-refractivity contribution < 1.29 is 23.8 Å². The Kier molecular flexibility index (Phi) is 5.49. The second-order valence-electron chi connectivity index (χ2n) is 8.38. The number of hydrogen-bond donors (Lipinski definition) is 1. The van der Waals surface area contributed by atoms with Crippen molar-refractivity contribution in [1.82, 2.24) is 4.90 Å². The minimum Gasteiger partial charge on any atom is -0.504 e. The van der Waals surface area contributed by atoms with Gasteiger partial charge in [0.25, 0.3) is 0 Å². The molecule has 7 heteroatoms. The topological polar surface area (TPSA) is 77.1 Å². The Morgan fingerprint density at radius 1 is 1.33 bits per heavy atom. The molecule has 0 bridgehead atoms. The zero-order valence-electron chi connectivity index (χ0n) is 18.1. The highest BCUT2D eigenvalue weighted by molar-refractivity contribution is 6.08. The zero-order chi connectivity index (χ0) is 21.5. The van der Waals surface area contributed by atoms with Gasteiger partial charge in [-0.15, -0.1) is 0 Å². The summed E-state index contributed by atoms with van der Waals surface area (Å²) in [4.78, 5) is 28.4. The fourth-order valence-corrected chi connectivity index (χ4v) is 5.88. The number of anilines is 1. The van der Waals surface area contributed by atoms with Crippen molar-refractivity contribution in [3.05, 3.63) is 35.6 Å². The third kappa shape index (κ3) is 2.90. The Balaban J connectivity index is 1.78. The van der Waals surface area contributed by atoms with Crippen LogP contribution in [0.1, 0.15) is 31.7 Å². The van der Waals surface area contributed by atoms with Crippen LogP contribution in [0.2, 0.25) is 0 Å². The number of nitrogens with zero attached hydrogens (tertiary/aromatic N) is 1. The lowest BCUT2D eigenvalue weighted by Gasteiger charge is -2.45. The Labute approximate surface area is 177 Å². The summed E-state index contributed by atoms with van der Waals surface area (Å²) in [5, 5.41) is 3.09. The van der Waals surface area contributed by atoms with Gasteiger partial charge in [0, 0.05) is 23.8 Å². The van der Waals surface area contributed by atoms with Gasteiger partial charge in [0.2, 0.25) is 5.91 Å². The van der Waals surface area contributed by atoms with Gasteiger partial charge in [-0.1, -0.05) is 19.4 Å². The Bertz CT molecular complexity index is 882. The highest BCUT2D eigenvalue weighted by Crippen LogP contribution is 2.55. The maximum absolute atomic E-state index is 13.4. The van der Waals surface area contributed by atoms with E-state index in [-0.39, 0.29) is 23.8 Å². The van der Waals surface area contributed by atoms with Gasteiger partial charge in [0.05, 0.1) is 38.6 Å². The Hall–Kier alpha value is -2.54. The molecule has 0 saturated carbocycles. The normalized spacial score (nSPS) is 30.6. The highest BCUT2D eigenvalue weighted by Gasteiger charge is 2.61. The first-order chi connectivity index (χ1) is 14.5. The van der Waals surface area contributed by atoms with E-state index < -0.39 is 5.41 Å². The molecule has 3 aliphatic rings. The van der Waals surface area contributed by atoms with E-state index >= 15 is 0 Å². The van der Waals surface area contributed by atoms with E-state index in [2.05, 4.69) is 17.1 Å². The number of piperidine rings is 1. The lowest BCUT2D eigenvalue weighted by Crippen LogP contribution is -2.53. The number of carbonyl (C=O) groups excluding carboxylic acids is 2. The van der Waals surface area contributed by atoms with E-state index in [0.29, 0.717) is 17.9 Å². The molecule has 4 rings (SSSR count). The first kappa shape index (κ1) is 20.7. The fraction of sp³-hybridized carbons (Fsp3) is 0.565. The van der Waals surface area contributed by atoms with Gasteiger partial charge in [0.15, 0.2) is 0 Å². The summed E-state index contributed by atoms with van der Waals surface area (Å²) < 4.78 is 16.0. The van der Waals surface area contributed by atoms with Gasteiger partial charge < -0.3 is 19.5 Å². The van der Waals surface area contributed by atoms with Crippen molar-refractivity contribution in [1.29, 1.82) is 0 Å². The Morgan fingerprint density at radius 3 is 2.80 bits per heavy atom. The van der Waals surface area contributed by atoms with E-state index in [0.717, 1.165) is 42.9 Å². The molecule has 0 aromatic heterocycles. The maximum Gasteiger partial charge on any atom is 0.337 e. The SMILES string of the molecule is CC[C@H]1CN2CC[C@@]3(C(=O)Nc4cccc(OC)c43)[C@@H]2C[C@@H]1/C(=C/OC)C(=O)OC. The predicted octanol–water partition coefficient (Wildman–Crippen LogP) is 2.71. The van der Waals surface area contributed by atoms with Crippen molar-refractivity contribution >= 4 is 17.6 Å². The molecule has 0 aliphatic carbocycles. The van der Waals surface area contributed by atoms with Crippen LogP contribution in [-0.2, 0) is 24.5 Å². The molecule has 4 atom stereocenters. The third-order valence-corrected chi connectivity index (χ3v) is 7.25. The van der Waals surface area contributed by atoms with E-state index in [9.17, 15) is 9.59 Å². The van der Waals surface area contributed by atoms with Crippen molar-refractivity contribution in [2.45, 2.75) is 37.6 Å². The van der Waals surface area contributed by atoms with Crippen LogP contribution in [0.4, 0.5) is 5.69 Å². The van der Waals surface area contributed by atoms with Crippen molar-refractivity contribution in [3.8, 4) is 5.75 Å². The van der Waals surface area contributed by atoms with Crippen LogP contribution in [-0.4, -0.2) is 57.2 Å². The smallest absolute Gasteiger partial charge is 0.337 e. The highest BCUT2D eigenvalue weighted by atomic mass is 16.5. The van der Waals surface area contributed by atoms with Crippen LogP contribution in [0.25, 0.3) is 0 Å². The quantitative estimate of drug-likeness (QED) is 0.454. The molecular weight excluding hydrogens is 384 g/mol. The number of esters is 1. The van der Waals surface area contributed by atoms with Gasteiger partial charge >= 0.3 is 5.97 Å². The molecule has 2 saturated heterocycles. The molecule has 1 aromatic rings. The first-order valence-electron chi connectivity index (χ1n) is 10.6. The summed E-state index contributed by atoms with van der Waals surface area (Å²) in [6, 6.07) is 5.74. The van der Waals surface area contributed by atoms with Crippen LogP contribution in [0, 0.1) is 11.8 Å². The third-order valence-electron chi connectivity index (χ3n) is 7.25. The summed E-state index contributed by atoms with van der Waals surface area (Å²) in [5.74, 6) is 0.652. The van der Waals surface area contributed by atoms with Crippen LogP contribution >= 0.6 is 0 Å². The number of rotatable bonds is 5. The molecule has 7 nitrogen and oxygen atoms in total. The van der Waals surface area contributed by atoms with Crippen LogP contribution < -0.4 is 10.1 Å². The van der Waals surface area contributed by atoms with Gasteiger partial charge in [-0.2, -0.15) is 0 Å². The number of methoxy groups -OCH3 is 3. The molecular formula is C23H30N2O5. The largest absolute Gasteiger partial charge is 0.504 e. The molecule has 0 unspecified atom stereocenters. The van der Waals surface area contributed by atoms with E-state index in [4.69, 9.17) is 14.2 Å². The molecule has 3 heterocycles. The number of fused-ring (bicyclic) bond motifs is 4. The lowest BCUT2D eigenvalue weighted by molar-refractivity contribution is -0.137. The first-order valence-corrected chi connectivity index (χ1v) is 10.6. The van der Waals surface area contributed by atoms with Crippen LogP contribution in [0.3, 0.4) is 0 Å². The van der Waals surface area contributed by atoms with Gasteiger partial charge in [-0.05, 0) is 43.4 Å². The molecule has 1 N–H and O–H groups in total. The van der Waals surface area contributed by atoms with E-state index in [1.807, 2.05) is 18.2 Å². The number of carbonyl (C=O) groups is 2. The van der Waals surface area contributed by atoms with Crippen molar-refractivity contribution in [2.24, 2.45) is 11.8 Å². The predicted molar refractivity (Wildman–Crippen MR) is 112 cm³/mol. The molecule has 162 valence electrons. The molecule has 0 radical (unpaired) electrons. The number of ether oxygens (including phenoxy) is 3. The molecule has 3 aliphatic heterocycles. The van der Waals surface area contributed by atoms with Crippen LogP contribution in [0.15, 0.2) is 30.0 Å². The second-order valence-corrected chi connectivity index (χ2v) is 8.38. The second kappa shape index (κ2) is 7.95. The monoisotopic (exact) mass is 414 g/mol. The summed E-state index contributed by atoms with van der Waals surface area (Å²) in [6.07, 6.45) is 3.88.